The number of hydrogen-bond acceptors (Lipinski definition) is 7. The van der Waals surface area contributed by atoms with Crippen LogP contribution in [-0.4, -0.2) is 48.8 Å². The second-order valence-electron chi connectivity index (χ2n) is 7.14. The molecule has 8 nitrogen and oxygen atoms in total. The number of nitrogens with one attached hydrogen (secondary N) is 2. The first-order valence-electron chi connectivity index (χ1n) is 10.2. The second-order valence-corrected chi connectivity index (χ2v) is 7.14. The van der Waals surface area contributed by atoms with E-state index in [1.165, 1.54) is 0 Å². The van der Waals surface area contributed by atoms with Gasteiger partial charge < -0.3 is 25.0 Å². The molecule has 2 aromatic carbocycles. The minimum atomic E-state index is -0.221. The predicted molar refractivity (Wildman–Crippen MR) is 120 cm³/mol. The van der Waals surface area contributed by atoms with Gasteiger partial charge in [-0.15, -0.1) is 0 Å². The number of benzene rings is 2. The standard InChI is InChI=1S/C23H25N5O3/c1-17-15-21(28-11-13-30-14-12-28)27-23(24-17)26-19-9-7-18(8-10-19)25-22(29)16-31-20-5-3-2-4-6-20/h2-10,15H,11-14,16H2,1H3,(H,25,29)(H,24,26,27). The monoisotopic (exact) mass is 419 g/mol. The molecule has 1 aliphatic heterocycles. The van der Waals surface area contributed by atoms with Crippen molar-refractivity contribution >= 4 is 29.0 Å². The summed E-state index contributed by atoms with van der Waals surface area (Å²) >= 11 is 0. The van der Waals surface area contributed by atoms with Crippen molar-refractivity contribution in [3.8, 4) is 5.75 Å². The fourth-order valence-electron chi connectivity index (χ4n) is 3.19. The highest BCUT2D eigenvalue weighted by Gasteiger charge is 2.14. The lowest BCUT2D eigenvalue weighted by atomic mass is 10.2. The molecule has 8 heteroatoms. The van der Waals surface area contributed by atoms with Crippen LogP contribution in [0.1, 0.15) is 5.69 Å². The van der Waals surface area contributed by atoms with Crippen LogP contribution in [0.2, 0.25) is 0 Å². The van der Waals surface area contributed by atoms with E-state index in [0.717, 1.165) is 30.3 Å². The summed E-state index contributed by atoms with van der Waals surface area (Å²) in [6, 6.07) is 18.6. The third-order valence-corrected chi connectivity index (χ3v) is 4.71. The van der Waals surface area contributed by atoms with Crippen molar-refractivity contribution in [3.05, 3.63) is 66.4 Å². The number of morpholine rings is 1. The molecule has 1 aliphatic rings. The molecular formula is C23H25N5O3. The lowest BCUT2D eigenvalue weighted by Crippen LogP contribution is -2.36. The van der Waals surface area contributed by atoms with Gasteiger partial charge >= 0.3 is 0 Å². The number of aryl methyl sites for hydroxylation is 1. The van der Waals surface area contributed by atoms with E-state index in [4.69, 9.17) is 9.47 Å². The molecule has 1 saturated heterocycles. The van der Waals surface area contributed by atoms with Crippen LogP contribution in [0.25, 0.3) is 0 Å². The lowest BCUT2D eigenvalue weighted by molar-refractivity contribution is -0.118. The van der Waals surface area contributed by atoms with E-state index >= 15 is 0 Å². The maximum Gasteiger partial charge on any atom is 0.262 e. The first-order chi connectivity index (χ1) is 15.2. The summed E-state index contributed by atoms with van der Waals surface area (Å²) in [6.07, 6.45) is 0. The van der Waals surface area contributed by atoms with Crippen molar-refractivity contribution in [2.24, 2.45) is 0 Å². The van der Waals surface area contributed by atoms with Crippen LogP contribution in [0.15, 0.2) is 60.7 Å². The molecule has 4 rings (SSSR count). The van der Waals surface area contributed by atoms with Crippen molar-refractivity contribution in [1.29, 1.82) is 0 Å². The van der Waals surface area contributed by atoms with E-state index in [1.807, 2.05) is 67.6 Å². The number of carbonyl (C=O) groups excluding carboxylic acids is 1. The number of para-hydroxylation sites is 1. The van der Waals surface area contributed by atoms with Crippen LogP contribution in [0.4, 0.5) is 23.1 Å². The van der Waals surface area contributed by atoms with Gasteiger partial charge in [0, 0.05) is 36.2 Å². The van der Waals surface area contributed by atoms with E-state index in [9.17, 15) is 4.79 Å². The van der Waals surface area contributed by atoms with E-state index < -0.39 is 0 Å². The van der Waals surface area contributed by atoms with Crippen LogP contribution < -0.4 is 20.3 Å². The van der Waals surface area contributed by atoms with Crippen molar-refractivity contribution in [3.63, 3.8) is 0 Å². The third-order valence-electron chi connectivity index (χ3n) is 4.71. The quantitative estimate of drug-likeness (QED) is 0.607. The molecule has 0 radical (unpaired) electrons. The normalized spacial score (nSPS) is 13.5. The Labute approximate surface area is 181 Å². The number of rotatable bonds is 7. The molecule has 1 aromatic heterocycles. The van der Waals surface area contributed by atoms with Gasteiger partial charge in [0.05, 0.1) is 13.2 Å². The average molecular weight is 419 g/mol. The molecule has 0 aliphatic carbocycles. The summed E-state index contributed by atoms with van der Waals surface area (Å²) in [5.41, 5.74) is 2.41. The molecule has 160 valence electrons. The zero-order valence-electron chi connectivity index (χ0n) is 17.4. The number of anilines is 4. The summed E-state index contributed by atoms with van der Waals surface area (Å²) in [7, 11) is 0. The summed E-state index contributed by atoms with van der Waals surface area (Å²) in [5.74, 6) is 1.86. The zero-order chi connectivity index (χ0) is 21.5. The molecule has 2 heterocycles. The van der Waals surface area contributed by atoms with Crippen LogP contribution in [-0.2, 0) is 9.53 Å². The molecule has 0 saturated carbocycles. The molecule has 0 atom stereocenters. The van der Waals surface area contributed by atoms with E-state index in [0.29, 0.717) is 30.6 Å². The first kappa shape index (κ1) is 20.6. The van der Waals surface area contributed by atoms with Crippen molar-refractivity contribution in [2.45, 2.75) is 6.92 Å². The molecule has 1 fully saturated rings. The number of aromatic nitrogens is 2. The largest absolute Gasteiger partial charge is 0.484 e. The van der Waals surface area contributed by atoms with Gasteiger partial charge in [-0.1, -0.05) is 18.2 Å². The number of ether oxygens (including phenoxy) is 2. The summed E-state index contributed by atoms with van der Waals surface area (Å²) in [4.78, 5) is 23.4. The van der Waals surface area contributed by atoms with Gasteiger partial charge in [-0.05, 0) is 43.3 Å². The molecule has 0 spiro atoms. The number of hydrogen-bond donors (Lipinski definition) is 2. The fraction of sp³-hybridized carbons (Fsp3) is 0.261. The minimum Gasteiger partial charge on any atom is -0.484 e. The molecule has 0 unspecified atom stereocenters. The van der Waals surface area contributed by atoms with Gasteiger partial charge in [-0.3, -0.25) is 4.79 Å². The Bertz CT molecular complexity index is 1010. The Morgan fingerprint density at radius 3 is 2.48 bits per heavy atom. The highest BCUT2D eigenvalue weighted by atomic mass is 16.5. The highest BCUT2D eigenvalue weighted by molar-refractivity contribution is 5.92. The Morgan fingerprint density at radius 2 is 1.74 bits per heavy atom. The fourth-order valence-corrected chi connectivity index (χ4v) is 3.19. The maximum atomic E-state index is 12.1. The highest BCUT2D eigenvalue weighted by Crippen LogP contribution is 2.20. The topological polar surface area (TPSA) is 88.6 Å². The Hall–Kier alpha value is -3.65. The predicted octanol–water partition coefficient (Wildman–Crippen LogP) is 3.38. The Balaban J connectivity index is 1.34. The van der Waals surface area contributed by atoms with Crippen LogP contribution in [0.5, 0.6) is 5.75 Å². The molecule has 31 heavy (non-hydrogen) atoms. The molecule has 3 aromatic rings. The van der Waals surface area contributed by atoms with Gasteiger partial charge in [-0.2, -0.15) is 4.98 Å². The number of amides is 1. The molecule has 0 bridgehead atoms. The van der Waals surface area contributed by atoms with Crippen molar-refractivity contribution in [1.82, 2.24) is 9.97 Å². The molecule has 2 N–H and O–H groups in total. The number of nitrogens with zero attached hydrogens (tertiary/aromatic N) is 3. The van der Waals surface area contributed by atoms with Gasteiger partial charge in [0.25, 0.3) is 5.91 Å². The smallest absolute Gasteiger partial charge is 0.262 e. The van der Waals surface area contributed by atoms with Crippen molar-refractivity contribution in [2.75, 3.05) is 48.4 Å². The van der Waals surface area contributed by atoms with Crippen LogP contribution >= 0.6 is 0 Å². The average Bonchev–Trinajstić information content (AvgIpc) is 2.80. The molecule has 1 amide bonds. The summed E-state index contributed by atoms with van der Waals surface area (Å²) in [5, 5.41) is 6.06. The zero-order valence-corrected chi connectivity index (χ0v) is 17.4. The van der Waals surface area contributed by atoms with E-state index in [1.54, 1.807) is 0 Å². The van der Waals surface area contributed by atoms with Crippen molar-refractivity contribution < 1.29 is 14.3 Å². The second kappa shape index (κ2) is 9.90. The summed E-state index contributed by atoms with van der Waals surface area (Å²) < 4.78 is 10.9. The maximum absolute atomic E-state index is 12.1. The Kier molecular flexibility index (Phi) is 6.59. The van der Waals surface area contributed by atoms with Gasteiger partial charge in [0.1, 0.15) is 11.6 Å². The lowest BCUT2D eigenvalue weighted by Gasteiger charge is -2.28. The minimum absolute atomic E-state index is 0.0501. The van der Waals surface area contributed by atoms with Gasteiger partial charge in [-0.25, -0.2) is 4.98 Å². The first-order valence-corrected chi connectivity index (χ1v) is 10.2. The van der Waals surface area contributed by atoms with E-state index in [-0.39, 0.29) is 12.5 Å². The number of carbonyl (C=O) groups is 1. The Morgan fingerprint density at radius 1 is 1.03 bits per heavy atom. The van der Waals surface area contributed by atoms with Crippen LogP contribution in [0.3, 0.4) is 0 Å². The molecular weight excluding hydrogens is 394 g/mol. The van der Waals surface area contributed by atoms with Crippen LogP contribution in [0, 0.1) is 6.92 Å². The van der Waals surface area contributed by atoms with E-state index in [2.05, 4.69) is 25.5 Å². The van der Waals surface area contributed by atoms with Gasteiger partial charge in [0.15, 0.2) is 6.61 Å². The SMILES string of the molecule is Cc1cc(N2CCOCC2)nc(Nc2ccc(NC(=O)COc3ccccc3)cc2)n1. The summed E-state index contributed by atoms with van der Waals surface area (Å²) in [6.45, 7) is 4.94. The van der Waals surface area contributed by atoms with Gasteiger partial charge in [0.2, 0.25) is 5.95 Å². The third kappa shape index (κ3) is 5.93.